The maximum atomic E-state index is 10.9. The predicted molar refractivity (Wildman–Crippen MR) is 60.6 cm³/mol. The zero-order valence-electron chi connectivity index (χ0n) is 10.0. The van der Waals surface area contributed by atoms with Crippen molar-refractivity contribution in [3.8, 4) is 0 Å². The molecule has 88 valence electrons. The van der Waals surface area contributed by atoms with Crippen LogP contribution in [-0.2, 0) is 14.3 Å². The van der Waals surface area contributed by atoms with E-state index in [1.807, 2.05) is 30.3 Å². The minimum atomic E-state index is -1.43. The first-order chi connectivity index (χ1) is 8.18. The second-order valence-electron chi connectivity index (χ2n) is 3.10. The summed E-state index contributed by atoms with van der Waals surface area (Å²) >= 11 is 0. The molecule has 0 unspecified atom stereocenters. The molecule has 0 aliphatic carbocycles. The van der Waals surface area contributed by atoms with Gasteiger partial charge in [0.05, 0.1) is 5.97 Å². The third kappa shape index (κ3) is 7.50. The van der Waals surface area contributed by atoms with Crippen LogP contribution >= 0.6 is 0 Å². The Kier molecular flexibility index (Phi) is 8.38. The Morgan fingerprint density at radius 1 is 1.17 bits per heavy atom. The van der Waals surface area contributed by atoms with E-state index in [4.69, 9.17) is 4.74 Å². The number of carboxylic acid groups (broad SMARTS) is 1. The standard InChI is InChI=1S/C13H12O4.Li/c14-12(15)8-9-13(16)17-10-4-7-11-5-2-1-3-6-11;/h1-9H,10H2,(H,14,15);/q;+1/p-1/b7-4?,9-8-;. The number of carbonyl (C=O) groups is 2. The first-order valence-corrected chi connectivity index (χ1v) is 4.96. The number of carbonyl (C=O) groups excluding carboxylic acids is 2. The molecule has 0 saturated carbocycles. The number of carboxylic acids is 1. The maximum absolute atomic E-state index is 10.9. The van der Waals surface area contributed by atoms with Gasteiger partial charge in [-0.3, -0.25) is 0 Å². The summed E-state index contributed by atoms with van der Waals surface area (Å²) in [6.45, 7) is 0.0884. The van der Waals surface area contributed by atoms with Crippen molar-refractivity contribution in [3.05, 3.63) is 54.1 Å². The minimum Gasteiger partial charge on any atom is -0.545 e. The normalized spacial score (nSPS) is 10.2. The topological polar surface area (TPSA) is 66.4 Å². The Hall–Kier alpha value is -1.76. The average Bonchev–Trinajstić information content (AvgIpc) is 2.33. The molecular weight excluding hydrogens is 227 g/mol. The Labute approximate surface area is 117 Å². The summed E-state index contributed by atoms with van der Waals surface area (Å²) in [7, 11) is 0. The fraction of sp³-hybridized carbons (Fsp3) is 0.0769. The van der Waals surface area contributed by atoms with Crippen LogP contribution in [0, 0.1) is 0 Å². The fourth-order valence-corrected chi connectivity index (χ4v) is 1.06. The SMILES string of the molecule is O=C([O-])/C=C\C(=O)OCC=Cc1ccccc1.[Li+]. The molecule has 1 aromatic rings. The summed E-state index contributed by atoms with van der Waals surface area (Å²) in [4.78, 5) is 20.9. The molecule has 1 rings (SSSR count). The van der Waals surface area contributed by atoms with Crippen LogP contribution in [0.1, 0.15) is 5.56 Å². The number of rotatable bonds is 5. The molecule has 0 aromatic heterocycles. The second kappa shape index (κ2) is 9.29. The third-order valence-corrected chi connectivity index (χ3v) is 1.79. The number of ether oxygens (including phenoxy) is 1. The molecule has 0 fully saturated rings. The number of hydrogen-bond donors (Lipinski definition) is 0. The summed E-state index contributed by atoms with van der Waals surface area (Å²) in [5.74, 6) is -2.14. The van der Waals surface area contributed by atoms with Crippen molar-refractivity contribution in [2.24, 2.45) is 0 Å². The van der Waals surface area contributed by atoms with E-state index in [1.54, 1.807) is 12.2 Å². The monoisotopic (exact) mass is 238 g/mol. The van der Waals surface area contributed by atoms with Crippen LogP contribution in [0.3, 0.4) is 0 Å². The Morgan fingerprint density at radius 2 is 1.83 bits per heavy atom. The van der Waals surface area contributed by atoms with Crippen molar-refractivity contribution in [2.45, 2.75) is 0 Å². The van der Waals surface area contributed by atoms with Gasteiger partial charge in [-0.05, 0) is 17.7 Å². The average molecular weight is 238 g/mol. The summed E-state index contributed by atoms with van der Waals surface area (Å²) in [6, 6.07) is 9.52. The molecule has 0 heterocycles. The van der Waals surface area contributed by atoms with Gasteiger partial charge in [0.15, 0.2) is 0 Å². The molecule has 0 spiro atoms. The Morgan fingerprint density at radius 3 is 2.44 bits per heavy atom. The van der Waals surface area contributed by atoms with Crippen molar-refractivity contribution < 1.29 is 38.3 Å². The molecule has 0 aliphatic rings. The van der Waals surface area contributed by atoms with Gasteiger partial charge in [-0.1, -0.05) is 36.4 Å². The molecule has 0 N–H and O–H groups in total. The van der Waals surface area contributed by atoms with Crippen LogP contribution < -0.4 is 24.0 Å². The zero-order chi connectivity index (χ0) is 12.5. The van der Waals surface area contributed by atoms with Crippen molar-refractivity contribution in [1.82, 2.24) is 0 Å². The van der Waals surface area contributed by atoms with Gasteiger partial charge in [-0.25, -0.2) is 4.79 Å². The molecule has 0 saturated heterocycles. The van der Waals surface area contributed by atoms with Crippen molar-refractivity contribution in [3.63, 3.8) is 0 Å². The van der Waals surface area contributed by atoms with Crippen LogP contribution in [0.15, 0.2) is 48.6 Å². The summed E-state index contributed by atoms with van der Waals surface area (Å²) < 4.78 is 4.71. The molecule has 5 heteroatoms. The van der Waals surface area contributed by atoms with Gasteiger partial charge in [-0.2, -0.15) is 0 Å². The summed E-state index contributed by atoms with van der Waals surface area (Å²) in [5.41, 5.74) is 0.994. The number of aliphatic carboxylic acids is 1. The van der Waals surface area contributed by atoms with Crippen LogP contribution in [0.5, 0.6) is 0 Å². The van der Waals surface area contributed by atoms with Gasteiger partial charge >= 0.3 is 24.8 Å². The van der Waals surface area contributed by atoms with E-state index in [0.717, 1.165) is 11.6 Å². The van der Waals surface area contributed by atoms with Crippen LogP contribution in [0.4, 0.5) is 0 Å². The van der Waals surface area contributed by atoms with E-state index in [9.17, 15) is 14.7 Å². The first kappa shape index (κ1) is 16.2. The summed E-state index contributed by atoms with van der Waals surface area (Å²) in [5, 5.41) is 10.00. The van der Waals surface area contributed by atoms with Crippen LogP contribution in [-0.4, -0.2) is 18.5 Å². The number of hydrogen-bond acceptors (Lipinski definition) is 4. The largest absolute Gasteiger partial charge is 1.00 e. The fourth-order valence-electron chi connectivity index (χ4n) is 1.06. The van der Waals surface area contributed by atoms with Gasteiger partial charge < -0.3 is 14.6 Å². The van der Waals surface area contributed by atoms with E-state index in [-0.39, 0.29) is 25.5 Å². The molecular formula is C13H11LiO4. The van der Waals surface area contributed by atoms with Gasteiger partial charge in [0, 0.05) is 6.08 Å². The van der Waals surface area contributed by atoms with Gasteiger partial charge in [0.1, 0.15) is 6.61 Å². The predicted octanol–water partition coefficient (Wildman–Crippen LogP) is -2.45. The second-order valence-corrected chi connectivity index (χ2v) is 3.10. The number of benzene rings is 1. The van der Waals surface area contributed by atoms with Crippen LogP contribution in [0.2, 0.25) is 0 Å². The molecule has 0 amide bonds. The van der Waals surface area contributed by atoms with Gasteiger partial charge in [-0.15, -0.1) is 0 Å². The molecule has 1 aromatic carbocycles. The smallest absolute Gasteiger partial charge is 0.545 e. The first-order valence-electron chi connectivity index (χ1n) is 4.96. The molecule has 18 heavy (non-hydrogen) atoms. The Bertz CT molecular complexity index is 438. The third-order valence-electron chi connectivity index (χ3n) is 1.79. The zero-order valence-corrected chi connectivity index (χ0v) is 10.0. The minimum absolute atomic E-state index is 0. The van der Waals surface area contributed by atoms with E-state index >= 15 is 0 Å². The van der Waals surface area contributed by atoms with Gasteiger partial charge in [0.2, 0.25) is 0 Å². The van der Waals surface area contributed by atoms with Gasteiger partial charge in [0.25, 0.3) is 0 Å². The molecule has 0 radical (unpaired) electrons. The summed E-state index contributed by atoms with van der Waals surface area (Å²) in [6.07, 6.45) is 4.91. The van der Waals surface area contributed by atoms with Crippen molar-refractivity contribution in [1.29, 1.82) is 0 Å². The van der Waals surface area contributed by atoms with Crippen LogP contribution in [0.25, 0.3) is 6.08 Å². The Balaban J connectivity index is 0.00000289. The van der Waals surface area contributed by atoms with E-state index in [1.165, 1.54) is 0 Å². The van der Waals surface area contributed by atoms with E-state index in [0.29, 0.717) is 6.08 Å². The maximum Gasteiger partial charge on any atom is 1.00 e. The number of esters is 1. The van der Waals surface area contributed by atoms with Crippen molar-refractivity contribution in [2.75, 3.05) is 6.61 Å². The molecule has 4 nitrogen and oxygen atoms in total. The molecule has 0 bridgehead atoms. The molecule has 0 atom stereocenters. The van der Waals surface area contributed by atoms with E-state index < -0.39 is 11.9 Å². The van der Waals surface area contributed by atoms with Crippen molar-refractivity contribution >= 4 is 18.0 Å². The van der Waals surface area contributed by atoms with E-state index in [2.05, 4.69) is 0 Å². The molecule has 0 aliphatic heterocycles. The quantitative estimate of drug-likeness (QED) is 0.324.